The van der Waals surface area contributed by atoms with Gasteiger partial charge in [0, 0.05) is 31.6 Å². The van der Waals surface area contributed by atoms with Crippen LogP contribution in [0.4, 0.5) is 10.5 Å². The van der Waals surface area contributed by atoms with Gasteiger partial charge in [0.1, 0.15) is 6.10 Å². The van der Waals surface area contributed by atoms with Crippen LogP contribution in [0.25, 0.3) is 0 Å². The number of likely N-dealkylation sites (N-methyl/N-ethyl adjacent to an activating group) is 1. The number of aliphatic hydroxyl groups excluding tert-OH is 1. The molecule has 0 saturated carbocycles. The first-order chi connectivity index (χ1) is 18.0. The first-order valence-corrected chi connectivity index (χ1v) is 12.8. The van der Waals surface area contributed by atoms with Crippen LogP contribution in [0.2, 0.25) is 0 Å². The Morgan fingerprint density at radius 3 is 2.45 bits per heavy atom. The first-order valence-electron chi connectivity index (χ1n) is 12.8. The van der Waals surface area contributed by atoms with Crippen molar-refractivity contribution in [1.82, 2.24) is 15.1 Å². The van der Waals surface area contributed by atoms with Crippen LogP contribution in [-0.2, 0) is 6.54 Å². The van der Waals surface area contributed by atoms with Crippen molar-refractivity contribution in [2.75, 3.05) is 32.1 Å². The maximum absolute atomic E-state index is 13.6. The number of para-hydroxylation sites is 1. The Kier molecular flexibility index (Phi) is 9.71. The molecule has 0 aromatic heterocycles. The number of carboxylic acids is 1. The molecule has 10 heteroatoms. The number of rotatable bonds is 9. The molecule has 1 aliphatic heterocycles. The monoisotopic (exact) mass is 526 g/mol. The Hall–Kier alpha value is -3.63. The number of urea groups is 1. The molecule has 3 amide bonds. The first kappa shape index (κ1) is 28.9. The number of benzene rings is 2. The second-order valence-corrected chi connectivity index (χ2v) is 10.3. The molecule has 38 heavy (non-hydrogen) atoms. The highest BCUT2D eigenvalue weighted by Gasteiger charge is 2.34. The van der Waals surface area contributed by atoms with Crippen molar-refractivity contribution in [3.8, 4) is 5.75 Å². The summed E-state index contributed by atoms with van der Waals surface area (Å²) in [6, 6.07) is 10.9. The molecule has 0 radical (unpaired) electrons. The minimum atomic E-state index is -0.969. The number of nitrogens with zero attached hydrogens (tertiary/aromatic N) is 2. The van der Waals surface area contributed by atoms with Crippen molar-refractivity contribution in [3.05, 3.63) is 59.2 Å². The molecule has 0 fully saturated rings. The van der Waals surface area contributed by atoms with Gasteiger partial charge >= 0.3 is 12.0 Å². The quantitative estimate of drug-likeness (QED) is 0.394. The fraction of sp³-hybridized carbons (Fsp3) is 0.464. The van der Waals surface area contributed by atoms with Crippen LogP contribution in [0.5, 0.6) is 5.75 Å². The van der Waals surface area contributed by atoms with Gasteiger partial charge in [-0.1, -0.05) is 25.1 Å². The Morgan fingerprint density at radius 2 is 1.84 bits per heavy atom. The number of hydrogen-bond donors (Lipinski definition) is 4. The summed E-state index contributed by atoms with van der Waals surface area (Å²) in [5.41, 5.74) is 1.89. The van der Waals surface area contributed by atoms with E-state index in [1.807, 2.05) is 27.8 Å². The lowest BCUT2D eigenvalue weighted by Gasteiger charge is -2.38. The summed E-state index contributed by atoms with van der Waals surface area (Å²) >= 11 is 0. The van der Waals surface area contributed by atoms with Crippen LogP contribution in [0.1, 0.15) is 54.0 Å². The van der Waals surface area contributed by atoms with E-state index in [4.69, 9.17) is 9.84 Å². The van der Waals surface area contributed by atoms with E-state index in [-0.39, 0.29) is 36.1 Å². The van der Waals surface area contributed by atoms with E-state index in [1.165, 1.54) is 0 Å². The lowest BCUT2D eigenvalue weighted by molar-refractivity contribution is 0.0343. The average Bonchev–Trinajstić information content (AvgIpc) is 2.85. The number of carbonyl (C=O) groups is 3. The summed E-state index contributed by atoms with van der Waals surface area (Å²) < 4.78 is 6.51. The summed E-state index contributed by atoms with van der Waals surface area (Å²) in [5, 5.41) is 24.6. The molecule has 4 N–H and O–H groups in total. The Bertz CT molecular complexity index is 1140. The number of hydrogen-bond acceptors (Lipinski definition) is 6. The van der Waals surface area contributed by atoms with Gasteiger partial charge < -0.3 is 30.5 Å². The summed E-state index contributed by atoms with van der Waals surface area (Å²) in [6.45, 7) is 8.77. The number of carboxylic acid groups (broad SMARTS) is 1. The number of aromatic carboxylic acids is 1. The lowest BCUT2D eigenvalue weighted by atomic mass is 9.98. The number of anilines is 1. The van der Waals surface area contributed by atoms with Crippen molar-refractivity contribution in [2.45, 2.75) is 52.4 Å². The Balaban J connectivity index is 1.91. The van der Waals surface area contributed by atoms with E-state index in [0.29, 0.717) is 36.6 Å². The predicted octanol–water partition coefficient (Wildman–Crippen LogP) is 3.27. The van der Waals surface area contributed by atoms with Crippen LogP contribution < -0.4 is 15.4 Å². The number of nitrogens with one attached hydrogen (secondary N) is 2. The Labute approximate surface area is 223 Å². The highest BCUT2D eigenvalue weighted by atomic mass is 16.5. The molecular formula is C28H38N4O6. The third-order valence-corrected chi connectivity index (χ3v) is 6.50. The smallest absolute Gasteiger partial charge is 0.335 e. The van der Waals surface area contributed by atoms with Crippen molar-refractivity contribution in [1.29, 1.82) is 0 Å². The van der Waals surface area contributed by atoms with E-state index in [0.717, 1.165) is 5.56 Å². The molecule has 10 nitrogen and oxygen atoms in total. The number of amides is 3. The van der Waals surface area contributed by atoms with E-state index in [9.17, 15) is 19.5 Å². The molecule has 0 bridgehead atoms. The summed E-state index contributed by atoms with van der Waals surface area (Å²) in [6.07, 6.45) is -0.352. The third-order valence-electron chi connectivity index (χ3n) is 6.50. The minimum absolute atomic E-state index is 0.0741. The van der Waals surface area contributed by atoms with Crippen LogP contribution >= 0.6 is 0 Å². The minimum Gasteiger partial charge on any atom is -0.486 e. The van der Waals surface area contributed by atoms with Gasteiger partial charge in [0.05, 0.1) is 29.5 Å². The van der Waals surface area contributed by atoms with E-state index in [2.05, 4.69) is 15.5 Å². The standard InChI is InChI=1S/C28H38N4O6/c1-17(2)29-28(37)30-23-8-6-7-22-25(23)38-24(18(3)13-32(26(22)34)19(4)16-33)15-31(5)14-20-9-11-21(12-10-20)27(35)36/h6-12,17-19,24,33H,13-16H2,1-5H3,(H,35,36)(H2,29,30,37)/t18-,19+,24-/m1/s1. The summed E-state index contributed by atoms with van der Waals surface area (Å²) in [5.74, 6) is -1.05. The maximum atomic E-state index is 13.6. The number of aliphatic hydroxyl groups is 1. The average molecular weight is 527 g/mol. The van der Waals surface area contributed by atoms with Crippen LogP contribution in [-0.4, -0.2) is 82.9 Å². The molecule has 0 saturated heterocycles. The van der Waals surface area contributed by atoms with Gasteiger partial charge in [0.15, 0.2) is 5.75 Å². The molecule has 0 spiro atoms. The van der Waals surface area contributed by atoms with Gasteiger partial charge in [0.2, 0.25) is 0 Å². The van der Waals surface area contributed by atoms with Crippen LogP contribution in [0.3, 0.4) is 0 Å². The van der Waals surface area contributed by atoms with Crippen molar-refractivity contribution >= 4 is 23.6 Å². The van der Waals surface area contributed by atoms with Gasteiger partial charge in [-0.25, -0.2) is 9.59 Å². The molecular weight excluding hydrogens is 488 g/mol. The SMILES string of the molecule is CC(C)NC(=O)Nc1cccc2c1O[C@H](CN(C)Cc1ccc(C(=O)O)cc1)[C@H](C)CN([C@@H](C)CO)C2=O. The van der Waals surface area contributed by atoms with Gasteiger partial charge in [-0.15, -0.1) is 0 Å². The zero-order valence-electron chi connectivity index (χ0n) is 22.6. The number of ether oxygens (including phenoxy) is 1. The van der Waals surface area contributed by atoms with Crippen molar-refractivity contribution < 1.29 is 29.3 Å². The molecule has 1 aliphatic rings. The molecule has 0 aliphatic carbocycles. The zero-order chi connectivity index (χ0) is 28.0. The maximum Gasteiger partial charge on any atom is 0.335 e. The van der Waals surface area contributed by atoms with E-state index < -0.39 is 18.0 Å². The molecule has 2 aromatic carbocycles. The normalized spacial score (nSPS) is 18.3. The van der Waals surface area contributed by atoms with Gasteiger partial charge in [-0.2, -0.15) is 0 Å². The second-order valence-electron chi connectivity index (χ2n) is 10.3. The van der Waals surface area contributed by atoms with Gasteiger partial charge in [-0.05, 0) is 57.6 Å². The largest absolute Gasteiger partial charge is 0.486 e. The number of fused-ring (bicyclic) bond motifs is 1. The van der Waals surface area contributed by atoms with E-state index >= 15 is 0 Å². The second kappa shape index (κ2) is 12.7. The third kappa shape index (κ3) is 7.23. The summed E-state index contributed by atoms with van der Waals surface area (Å²) in [7, 11) is 1.94. The topological polar surface area (TPSA) is 131 Å². The van der Waals surface area contributed by atoms with Crippen molar-refractivity contribution in [3.63, 3.8) is 0 Å². The zero-order valence-corrected chi connectivity index (χ0v) is 22.6. The van der Waals surface area contributed by atoms with E-state index in [1.54, 1.807) is 54.3 Å². The number of carbonyl (C=O) groups excluding carboxylic acids is 2. The summed E-state index contributed by atoms with van der Waals surface area (Å²) in [4.78, 5) is 40.9. The molecule has 206 valence electrons. The molecule has 3 atom stereocenters. The molecule has 0 unspecified atom stereocenters. The Morgan fingerprint density at radius 1 is 1.16 bits per heavy atom. The highest BCUT2D eigenvalue weighted by molar-refractivity contribution is 6.01. The lowest BCUT2D eigenvalue weighted by Crippen LogP contribution is -2.49. The van der Waals surface area contributed by atoms with Crippen LogP contribution in [0, 0.1) is 5.92 Å². The molecule has 3 rings (SSSR count). The van der Waals surface area contributed by atoms with Gasteiger partial charge in [0.25, 0.3) is 5.91 Å². The fourth-order valence-corrected chi connectivity index (χ4v) is 4.42. The molecule has 1 heterocycles. The van der Waals surface area contributed by atoms with Gasteiger partial charge in [-0.3, -0.25) is 9.69 Å². The van der Waals surface area contributed by atoms with Crippen molar-refractivity contribution in [2.24, 2.45) is 5.92 Å². The fourth-order valence-electron chi connectivity index (χ4n) is 4.42. The molecule has 2 aromatic rings. The highest BCUT2D eigenvalue weighted by Crippen LogP contribution is 2.35. The van der Waals surface area contributed by atoms with Crippen LogP contribution in [0.15, 0.2) is 42.5 Å². The predicted molar refractivity (Wildman–Crippen MR) is 145 cm³/mol.